The van der Waals surface area contributed by atoms with Gasteiger partial charge in [0.05, 0.1) is 5.69 Å². The molecule has 21 heavy (non-hydrogen) atoms. The molecule has 0 radical (unpaired) electrons. The van der Waals surface area contributed by atoms with Crippen molar-refractivity contribution in [2.75, 3.05) is 18.5 Å². The van der Waals surface area contributed by atoms with Crippen LogP contribution in [0.5, 0.6) is 0 Å². The number of nitrogens with zero attached hydrogens (tertiary/aromatic N) is 3. The summed E-state index contributed by atoms with van der Waals surface area (Å²) in [5.74, 6) is 2.28. The predicted octanol–water partition coefficient (Wildman–Crippen LogP) is 2.67. The molecule has 2 unspecified atom stereocenters. The lowest BCUT2D eigenvalue weighted by atomic mass is 9.97. The molecular weight excluding hydrogens is 264 g/mol. The van der Waals surface area contributed by atoms with E-state index in [0.29, 0.717) is 24.4 Å². The van der Waals surface area contributed by atoms with Gasteiger partial charge in [0, 0.05) is 25.5 Å². The zero-order valence-electron chi connectivity index (χ0n) is 12.8. The van der Waals surface area contributed by atoms with Crippen LogP contribution >= 0.6 is 0 Å². The minimum Gasteiger partial charge on any atom is -0.396 e. The van der Waals surface area contributed by atoms with Crippen molar-refractivity contribution in [2.45, 2.75) is 39.0 Å². The molecule has 1 fully saturated rings. The molecular formula is C16H24N4O. The van der Waals surface area contributed by atoms with Crippen LogP contribution in [-0.4, -0.2) is 32.9 Å². The minimum atomic E-state index is 0.300. The van der Waals surface area contributed by atoms with E-state index in [1.54, 1.807) is 6.20 Å². The summed E-state index contributed by atoms with van der Waals surface area (Å²) >= 11 is 0. The fraction of sp³-hybridized carbons (Fsp3) is 0.625. The molecule has 0 spiro atoms. The van der Waals surface area contributed by atoms with Crippen molar-refractivity contribution >= 4 is 11.3 Å². The largest absolute Gasteiger partial charge is 0.396 e. The standard InChI is InChI=1S/C16H24N4O/c1-11(2)14-8-15-16(17-6-7-20(15)19-14)18-9-12-4-3-5-13(12)10-21/h6-8,11-13,21H,3-5,9-10H2,1-2H3,(H,17,18). The van der Waals surface area contributed by atoms with Gasteiger partial charge in [0.1, 0.15) is 5.52 Å². The second kappa shape index (κ2) is 6.02. The highest BCUT2D eigenvalue weighted by Crippen LogP contribution is 2.31. The van der Waals surface area contributed by atoms with E-state index in [1.807, 2.05) is 10.7 Å². The van der Waals surface area contributed by atoms with E-state index in [0.717, 1.165) is 30.0 Å². The summed E-state index contributed by atoms with van der Waals surface area (Å²) < 4.78 is 1.89. The molecule has 3 rings (SSSR count). The number of rotatable bonds is 5. The Balaban J connectivity index is 1.77. The molecule has 2 heterocycles. The Bertz CT molecular complexity index is 607. The van der Waals surface area contributed by atoms with Crippen LogP contribution in [0.2, 0.25) is 0 Å². The highest BCUT2D eigenvalue weighted by atomic mass is 16.3. The van der Waals surface area contributed by atoms with Gasteiger partial charge in [-0.1, -0.05) is 20.3 Å². The quantitative estimate of drug-likeness (QED) is 0.888. The maximum atomic E-state index is 9.41. The van der Waals surface area contributed by atoms with Gasteiger partial charge in [-0.25, -0.2) is 9.50 Å². The number of aliphatic hydroxyl groups excluding tert-OH is 1. The summed E-state index contributed by atoms with van der Waals surface area (Å²) in [6, 6.07) is 2.11. The molecule has 2 aromatic rings. The number of fused-ring (bicyclic) bond motifs is 1. The van der Waals surface area contributed by atoms with E-state index in [1.165, 1.54) is 12.8 Å². The van der Waals surface area contributed by atoms with Crippen LogP contribution in [-0.2, 0) is 0 Å². The molecule has 2 aromatic heterocycles. The Morgan fingerprint density at radius 1 is 1.38 bits per heavy atom. The van der Waals surface area contributed by atoms with Gasteiger partial charge in [-0.3, -0.25) is 0 Å². The Hall–Kier alpha value is -1.62. The SMILES string of the molecule is CC(C)c1cc2c(NCC3CCCC3CO)nccn2n1. The Labute approximate surface area is 125 Å². The van der Waals surface area contributed by atoms with Gasteiger partial charge in [-0.2, -0.15) is 5.10 Å². The Kier molecular flexibility index (Phi) is 4.10. The van der Waals surface area contributed by atoms with Crippen molar-refractivity contribution in [2.24, 2.45) is 11.8 Å². The molecule has 2 N–H and O–H groups in total. The van der Waals surface area contributed by atoms with Gasteiger partial charge < -0.3 is 10.4 Å². The fourth-order valence-electron chi connectivity index (χ4n) is 3.21. The summed E-state index contributed by atoms with van der Waals surface area (Å²) in [5, 5.41) is 17.5. The second-order valence-corrected chi connectivity index (χ2v) is 6.34. The van der Waals surface area contributed by atoms with E-state index >= 15 is 0 Å². The monoisotopic (exact) mass is 288 g/mol. The molecule has 0 saturated heterocycles. The first kappa shape index (κ1) is 14.3. The van der Waals surface area contributed by atoms with Crippen LogP contribution in [0.4, 0.5) is 5.82 Å². The van der Waals surface area contributed by atoms with Crippen LogP contribution < -0.4 is 5.32 Å². The molecule has 0 amide bonds. The summed E-state index contributed by atoms with van der Waals surface area (Å²) in [6.45, 7) is 5.47. The molecule has 0 aromatic carbocycles. The number of anilines is 1. The molecule has 5 nitrogen and oxygen atoms in total. The first-order chi connectivity index (χ1) is 10.2. The van der Waals surface area contributed by atoms with Crippen molar-refractivity contribution < 1.29 is 5.11 Å². The van der Waals surface area contributed by atoms with E-state index in [9.17, 15) is 5.11 Å². The van der Waals surface area contributed by atoms with Crippen molar-refractivity contribution in [1.82, 2.24) is 14.6 Å². The van der Waals surface area contributed by atoms with Crippen LogP contribution in [0.15, 0.2) is 18.5 Å². The summed E-state index contributed by atoms with van der Waals surface area (Å²) in [6.07, 6.45) is 7.23. The van der Waals surface area contributed by atoms with Gasteiger partial charge in [0.2, 0.25) is 0 Å². The summed E-state index contributed by atoms with van der Waals surface area (Å²) in [5.41, 5.74) is 2.11. The lowest BCUT2D eigenvalue weighted by Crippen LogP contribution is -2.21. The van der Waals surface area contributed by atoms with E-state index < -0.39 is 0 Å². The third kappa shape index (κ3) is 2.88. The topological polar surface area (TPSA) is 62.5 Å². The molecule has 2 atom stereocenters. The highest BCUT2D eigenvalue weighted by Gasteiger charge is 2.26. The van der Waals surface area contributed by atoms with Gasteiger partial charge in [0.25, 0.3) is 0 Å². The van der Waals surface area contributed by atoms with Crippen molar-refractivity contribution in [3.63, 3.8) is 0 Å². The smallest absolute Gasteiger partial charge is 0.152 e. The second-order valence-electron chi connectivity index (χ2n) is 6.34. The van der Waals surface area contributed by atoms with Gasteiger partial charge in [-0.15, -0.1) is 0 Å². The van der Waals surface area contributed by atoms with Crippen molar-refractivity contribution in [3.8, 4) is 0 Å². The minimum absolute atomic E-state index is 0.300. The lowest BCUT2D eigenvalue weighted by molar-refractivity contribution is 0.199. The Morgan fingerprint density at radius 3 is 2.95 bits per heavy atom. The average molecular weight is 288 g/mol. The summed E-state index contributed by atoms with van der Waals surface area (Å²) in [4.78, 5) is 4.46. The maximum absolute atomic E-state index is 9.41. The van der Waals surface area contributed by atoms with Crippen molar-refractivity contribution in [1.29, 1.82) is 0 Å². The molecule has 0 bridgehead atoms. The summed E-state index contributed by atoms with van der Waals surface area (Å²) in [7, 11) is 0. The van der Waals surface area contributed by atoms with Gasteiger partial charge in [0.15, 0.2) is 5.82 Å². The molecule has 1 aliphatic rings. The zero-order valence-corrected chi connectivity index (χ0v) is 12.8. The first-order valence-corrected chi connectivity index (χ1v) is 7.88. The average Bonchev–Trinajstić information content (AvgIpc) is 3.11. The van der Waals surface area contributed by atoms with E-state index in [4.69, 9.17) is 0 Å². The number of aliphatic hydroxyl groups is 1. The number of hydrogen-bond donors (Lipinski definition) is 2. The maximum Gasteiger partial charge on any atom is 0.152 e. The van der Waals surface area contributed by atoms with Gasteiger partial charge in [-0.05, 0) is 36.7 Å². The lowest BCUT2D eigenvalue weighted by Gasteiger charge is -2.18. The third-order valence-electron chi connectivity index (χ3n) is 4.58. The third-order valence-corrected chi connectivity index (χ3v) is 4.58. The Morgan fingerprint density at radius 2 is 2.19 bits per heavy atom. The fourth-order valence-corrected chi connectivity index (χ4v) is 3.21. The highest BCUT2D eigenvalue weighted by molar-refractivity contribution is 5.67. The molecule has 1 aliphatic carbocycles. The number of nitrogens with one attached hydrogen (secondary N) is 1. The van der Waals surface area contributed by atoms with E-state index in [-0.39, 0.29) is 0 Å². The van der Waals surface area contributed by atoms with E-state index in [2.05, 4.69) is 35.3 Å². The van der Waals surface area contributed by atoms with Crippen molar-refractivity contribution in [3.05, 3.63) is 24.2 Å². The van der Waals surface area contributed by atoms with Crippen LogP contribution in [0.3, 0.4) is 0 Å². The molecule has 5 heteroatoms. The molecule has 1 saturated carbocycles. The predicted molar refractivity (Wildman–Crippen MR) is 83.5 cm³/mol. The number of aromatic nitrogens is 3. The van der Waals surface area contributed by atoms with Gasteiger partial charge >= 0.3 is 0 Å². The first-order valence-electron chi connectivity index (χ1n) is 7.88. The molecule has 0 aliphatic heterocycles. The molecule has 114 valence electrons. The van der Waals surface area contributed by atoms with Crippen LogP contribution in [0, 0.1) is 11.8 Å². The van der Waals surface area contributed by atoms with Crippen LogP contribution in [0.1, 0.15) is 44.7 Å². The van der Waals surface area contributed by atoms with Crippen LogP contribution in [0.25, 0.3) is 5.52 Å². The number of hydrogen-bond acceptors (Lipinski definition) is 4. The zero-order chi connectivity index (χ0) is 14.8. The normalized spacial score (nSPS) is 22.3.